The van der Waals surface area contributed by atoms with Crippen molar-refractivity contribution in [3.63, 3.8) is 0 Å². The largest absolute Gasteiger partial charge is 0.508 e. The van der Waals surface area contributed by atoms with Crippen LogP contribution in [0.5, 0.6) is 23.0 Å². The monoisotopic (exact) mass is 582 g/mol. The molecule has 0 amide bonds. The average Bonchev–Trinajstić information content (AvgIpc) is 2.92. The first-order chi connectivity index (χ1) is 19.6. The van der Waals surface area contributed by atoms with Gasteiger partial charge >= 0.3 is 0 Å². The van der Waals surface area contributed by atoms with E-state index in [1.807, 2.05) is 13.8 Å². The summed E-state index contributed by atoms with van der Waals surface area (Å²) in [5.41, 5.74) is 6.44. The van der Waals surface area contributed by atoms with Crippen molar-refractivity contribution < 1.29 is 20.1 Å². The van der Waals surface area contributed by atoms with Gasteiger partial charge in [-0.05, 0) is 131 Å². The van der Waals surface area contributed by atoms with Crippen LogP contribution in [0.4, 0.5) is 0 Å². The maximum atomic E-state index is 10.4. The molecule has 3 atom stereocenters. The molecule has 1 unspecified atom stereocenters. The molecule has 0 aromatic heterocycles. The lowest BCUT2D eigenvalue weighted by molar-refractivity contribution is 0.0512. The summed E-state index contributed by atoms with van der Waals surface area (Å²) in [5.74, 6) is 4.56. The molecular weight excluding hydrogens is 520 g/mol. The highest BCUT2D eigenvalue weighted by Crippen LogP contribution is 2.44. The number of hydrogen-bond acceptors (Lipinski definition) is 4. The number of aryl methyl sites for hydroxylation is 1. The molecule has 0 bridgehead atoms. The highest BCUT2D eigenvalue weighted by molar-refractivity contribution is 5.58. The molecule has 0 fully saturated rings. The Morgan fingerprint density at radius 2 is 1.21 bits per heavy atom. The zero-order valence-electron chi connectivity index (χ0n) is 28.8. The van der Waals surface area contributed by atoms with Crippen molar-refractivity contribution in [3.8, 4) is 23.0 Å². The molecule has 2 aromatic carbocycles. The normalized spacial score (nSPS) is 17.7. The standard InChI is InChI=1S/C29H50O2.C9H12O2/c1-20(2)12-9-13-21(3)14-10-15-22(4)16-11-18-29(8)19-17-26-25(7)27(30)23(5)24(6)28(26)31-29;1-5-4-8(10)6(2)7(3)9(5)11/h20-22,30H,9-19H2,1-8H3;4,10-11H,1-3H3/t21-,22-,29?;/m1./s1. The quantitative estimate of drug-likeness (QED) is 0.218. The third kappa shape index (κ3) is 9.85. The van der Waals surface area contributed by atoms with Gasteiger partial charge in [-0.2, -0.15) is 0 Å². The van der Waals surface area contributed by atoms with Gasteiger partial charge in [-0.1, -0.05) is 72.6 Å². The fraction of sp³-hybridized carbons (Fsp3) is 0.684. The van der Waals surface area contributed by atoms with E-state index >= 15 is 0 Å². The summed E-state index contributed by atoms with van der Waals surface area (Å²) in [6.07, 6.45) is 14.1. The van der Waals surface area contributed by atoms with Gasteiger partial charge in [0, 0.05) is 5.56 Å². The molecule has 238 valence electrons. The summed E-state index contributed by atoms with van der Waals surface area (Å²) in [5, 5.41) is 29.1. The summed E-state index contributed by atoms with van der Waals surface area (Å²) in [7, 11) is 0. The van der Waals surface area contributed by atoms with Crippen LogP contribution in [-0.2, 0) is 6.42 Å². The van der Waals surface area contributed by atoms with E-state index in [1.54, 1.807) is 26.8 Å². The summed E-state index contributed by atoms with van der Waals surface area (Å²) in [6, 6.07) is 1.57. The Bertz CT molecular complexity index is 1140. The van der Waals surface area contributed by atoms with E-state index < -0.39 is 0 Å². The van der Waals surface area contributed by atoms with Crippen LogP contribution >= 0.6 is 0 Å². The van der Waals surface area contributed by atoms with Gasteiger partial charge in [-0.15, -0.1) is 0 Å². The van der Waals surface area contributed by atoms with Gasteiger partial charge in [0.2, 0.25) is 0 Å². The lowest BCUT2D eigenvalue weighted by atomic mass is 9.84. The number of phenols is 3. The van der Waals surface area contributed by atoms with Gasteiger partial charge < -0.3 is 20.1 Å². The van der Waals surface area contributed by atoms with Gasteiger partial charge in [0.1, 0.15) is 28.6 Å². The van der Waals surface area contributed by atoms with Crippen molar-refractivity contribution in [2.75, 3.05) is 0 Å². The van der Waals surface area contributed by atoms with Crippen molar-refractivity contribution in [1.82, 2.24) is 0 Å². The smallest absolute Gasteiger partial charge is 0.127 e. The molecule has 1 aliphatic heterocycles. The Labute approximate surface area is 257 Å². The minimum absolute atomic E-state index is 0.0712. The van der Waals surface area contributed by atoms with Crippen LogP contribution in [0.1, 0.15) is 138 Å². The van der Waals surface area contributed by atoms with Gasteiger partial charge in [-0.3, -0.25) is 0 Å². The third-order valence-electron chi connectivity index (χ3n) is 9.90. The number of aromatic hydroxyl groups is 3. The highest BCUT2D eigenvalue weighted by atomic mass is 16.5. The van der Waals surface area contributed by atoms with Crippen molar-refractivity contribution >= 4 is 0 Å². The molecule has 3 N–H and O–H groups in total. The predicted molar refractivity (Wildman–Crippen MR) is 178 cm³/mol. The third-order valence-corrected chi connectivity index (χ3v) is 9.90. The minimum Gasteiger partial charge on any atom is -0.508 e. The van der Waals surface area contributed by atoms with E-state index in [2.05, 4.69) is 41.5 Å². The van der Waals surface area contributed by atoms with Crippen LogP contribution in [0.2, 0.25) is 0 Å². The number of benzene rings is 2. The first-order valence-electron chi connectivity index (χ1n) is 16.6. The molecule has 2 aromatic rings. The molecule has 1 aliphatic rings. The molecule has 3 rings (SSSR count). The number of rotatable bonds is 12. The second-order valence-corrected chi connectivity index (χ2v) is 14.3. The maximum absolute atomic E-state index is 10.4. The Morgan fingerprint density at radius 1 is 0.690 bits per heavy atom. The van der Waals surface area contributed by atoms with E-state index in [-0.39, 0.29) is 17.1 Å². The predicted octanol–water partition coefficient (Wildman–Crippen LogP) is 10.9. The lowest BCUT2D eigenvalue weighted by Crippen LogP contribution is -2.37. The van der Waals surface area contributed by atoms with Crippen LogP contribution in [0, 0.1) is 59.3 Å². The zero-order chi connectivity index (χ0) is 31.8. The van der Waals surface area contributed by atoms with Crippen molar-refractivity contribution in [2.45, 2.75) is 152 Å². The highest BCUT2D eigenvalue weighted by Gasteiger charge is 2.34. The first-order valence-corrected chi connectivity index (χ1v) is 16.6. The maximum Gasteiger partial charge on any atom is 0.127 e. The Morgan fingerprint density at radius 3 is 1.79 bits per heavy atom. The van der Waals surface area contributed by atoms with Crippen molar-refractivity contribution in [3.05, 3.63) is 45.0 Å². The molecule has 4 heteroatoms. The first kappa shape index (κ1) is 35.8. The number of ether oxygens (including phenoxy) is 1. The molecule has 0 aliphatic carbocycles. The van der Waals surface area contributed by atoms with E-state index in [4.69, 9.17) is 4.74 Å². The van der Waals surface area contributed by atoms with Gasteiger partial charge in [0.05, 0.1) is 0 Å². The van der Waals surface area contributed by atoms with E-state index in [0.717, 1.165) is 70.6 Å². The van der Waals surface area contributed by atoms with Gasteiger partial charge in [0.15, 0.2) is 0 Å². The number of hydrogen-bond donors (Lipinski definition) is 3. The Balaban J connectivity index is 0.000000468. The summed E-state index contributed by atoms with van der Waals surface area (Å²) in [6.45, 7) is 23.3. The Hall–Kier alpha value is -2.36. The minimum atomic E-state index is -0.0712. The zero-order valence-corrected chi connectivity index (χ0v) is 28.8. The number of fused-ring (bicyclic) bond motifs is 1. The molecule has 42 heavy (non-hydrogen) atoms. The fourth-order valence-corrected chi connectivity index (χ4v) is 6.32. The summed E-state index contributed by atoms with van der Waals surface area (Å²) in [4.78, 5) is 0. The summed E-state index contributed by atoms with van der Waals surface area (Å²) < 4.78 is 6.60. The van der Waals surface area contributed by atoms with Gasteiger partial charge in [0.25, 0.3) is 0 Å². The molecule has 0 radical (unpaired) electrons. The van der Waals surface area contributed by atoms with Crippen LogP contribution in [-0.4, -0.2) is 20.9 Å². The molecule has 1 heterocycles. The number of phenolic OH excluding ortho intramolecular Hbond substituents is 3. The molecule has 0 spiro atoms. The van der Waals surface area contributed by atoms with Crippen LogP contribution in [0.3, 0.4) is 0 Å². The topological polar surface area (TPSA) is 69.9 Å². The lowest BCUT2D eigenvalue weighted by Gasteiger charge is -2.38. The van der Waals surface area contributed by atoms with Crippen LogP contribution < -0.4 is 4.74 Å². The van der Waals surface area contributed by atoms with Crippen LogP contribution in [0.15, 0.2) is 6.07 Å². The second-order valence-electron chi connectivity index (χ2n) is 14.3. The van der Waals surface area contributed by atoms with Crippen LogP contribution in [0.25, 0.3) is 0 Å². The molecule has 4 nitrogen and oxygen atoms in total. The molecule has 0 saturated carbocycles. The summed E-state index contributed by atoms with van der Waals surface area (Å²) >= 11 is 0. The average molecular weight is 583 g/mol. The van der Waals surface area contributed by atoms with Gasteiger partial charge in [-0.25, -0.2) is 0 Å². The fourth-order valence-electron chi connectivity index (χ4n) is 6.32. The second kappa shape index (κ2) is 15.9. The van der Waals surface area contributed by atoms with E-state index in [0.29, 0.717) is 11.3 Å². The van der Waals surface area contributed by atoms with E-state index in [9.17, 15) is 15.3 Å². The molecule has 0 saturated heterocycles. The Kier molecular flexibility index (Phi) is 13.6. The van der Waals surface area contributed by atoms with Crippen molar-refractivity contribution in [1.29, 1.82) is 0 Å². The molecular formula is C38H62O4. The van der Waals surface area contributed by atoms with E-state index in [1.165, 1.54) is 56.9 Å². The SMILES string of the molecule is Cc1c(C)c2c(c(C)c1O)CCC(C)(CCC[C@H](C)CCC[C@H](C)CCCC(C)C)O2.Cc1cc(O)c(C)c(C)c1O. The van der Waals surface area contributed by atoms with Crippen molar-refractivity contribution in [2.24, 2.45) is 17.8 Å².